The maximum Gasteiger partial charge on any atom is 0.252 e. The Morgan fingerprint density at radius 2 is 1.87 bits per heavy atom. The molecule has 2 aromatic rings. The number of thiophene rings is 1. The van der Waals surface area contributed by atoms with Gasteiger partial charge in [-0.05, 0) is 62.6 Å². The average molecular weight is 448 g/mol. The SMILES string of the molecule is Cc1ccc(S(=O)(=O)N2CCCC(C(=O)Nc3ccc(N4CCCC4=O)cc3)C2)s1. The minimum atomic E-state index is -3.57. The van der Waals surface area contributed by atoms with E-state index in [0.29, 0.717) is 35.7 Å². The van der Waals surface area contributed by atoms with Crippen molar-refractivity contribution in [1.29, 1.82) is 0 Å². The fourth-order valence-corrected chi connectivity index (χ4v) is 6.90. The van der Waals surface area contributed by atoms with E-state index in [4.69, 9.17) is 0 Å². The summed E-state index contributed by atoms with van der Waals surface area (Å²) in [6.07, 6.45) is 2.74. The smallest absolute Gasteiger partial charge is 0.252 e. The number of hydrogen-bond acceptors (Lipinski definition) is 5. The van der Waals surface area contributed by atoms with Crippen molar-refractivity contribution in [2.45, 2.75) is 36.8 Å². The van der Waals surface area contributed by atoms with Crippen LogP contribution in [0.5, 0.6) is 0 Å². The zero-order chi connectivity index (χ0) is 21.3. The summed E-state index contributed by atoms with van der Waals surface area (Å²) in [5.41, 5.74) is 1.47. The molecule has 9 heteroatoms. The molecule has 2 saturated heterocycles. The lowest BCUT2D eigenvalue weighted by Gasteiger charge is -2.30. The molecule has 1 aromatic heterocycles. The fraction of sp³-hybridized carbons (Fsp3) is 0.429. The molecule has 2 aliphatic heterocycles. The van der Waals surface area contributed by atoms with E-state index in [1.165, 1.54) is 15.6 Å². The Balaban J connectivity index is 1.40. The summed E-state index contributed by atoms with van der Waals surface area (Å²) in [6, 6.07) is 10.6. The van der Waals surface area contributed by atoms with Crippen LogP contribution in [-0.4, -0.2) is 44.2 Å². The third-order valence-electron chi connectivity index (χ3n) is 5.58. The van der Waals surface area contributed by atoms with Gasteiger partial charge in [0.1, 0.15) is 4.21 Å². The molecule has 0 saturated carbocycles. The van der Waals surface area contributed by atoms with E-state index in [9.17, 15) is 18.0 Å². The normalized spacial score (nSPS) is 20.5. The van der Waals surface area contributed by atoms with Crippen molar-refractivity contribution < 1.29 is 18.0 Å². The summed E-state index contributed by atoms with van der Waals surface area (Å²) in [6.45, 7) is 3.22. The lowest BCUT2D eigenvalue weighted by atomic mass is 9.98. The Labute approximate surface area is 180 Å². The lowest BCUT2D eigenvalue weighted by Crippen LogP contribution is -2.43. The predicted molar refractivity (Wildman–Crippen MR) is 117 cm³/mol. The van der Waals surface area contributed by atoms with E-state index in [2.05, 4.69) is 5.32 Å². The quantitative estimate of drug-likeness (QED) is 0.762. The largest absolute Gasteiger partial charge is 0.326 e. The number of aryl methyl sites for hydroxylation is 1. The van der Waals surface area contributed by atoms with E-state index < -0.39 is 15.9 Å². The highest BCUT2D eigenvalue weighted by Crippen LogP contribution is 2.29. The molecule has 2 fully saturated rings. The molecular weight excluding hydrogens is 422 g/mol. The minimum absolute atomic E-state index is 0.122. The van der Waals surface area contributed by atoms with Gasteiger partial charge >= 0.3 is 0 Å². The Hall–Kier alpha value is -2.23. The monoisotopic (exact) mass is 447 g/mol. The summed E-state index contributed by atoms with van der Waals surface area (Å²) in [7, 11) is -3.57. The minimum Gasteiger partial charge on any atom is -0.326 e. The second-order valence-electron chi connectivity index (χ2n) is 7.75. The molecule has 0 radical (unpaired) electrons. The highest BCUT2D eigenvalue weighted by molar-refractivity contribution is 7.91. The Morgan fingerprint density at radius 1 is 1.10 bits per heavy atom. The zero-order valence-electron chi connectivity index (χ0n) is 16.8. The molecule has 0 bridgehead atoms. The lowest BCUT2D eigenvalue weighted by molar-refractivity contribution is -0.121. The molecule has 4 rings (SSSR count). The molecule has 0 aliphatic carbocycles. The summed E-state index contributed by atoms with van der Waals surface area (Å²) in [5.74, 6) is -0.451. The van der Waals surface area contributed by atoms with E-state index in [1.54, 1.807) is 29.2 Å². The average Bonchev–Trinajstić information content (AvgIpc) is 3.37. The van der Waals surface area contributed by atoms with Crippen LogP contribution in [0.3, 0.4) is 0 Å². The van der Waals surface area contributed by atoms with Gasteiger partial charge in [-0.25, -0.2) is 8.42 Å². The van der Waals surface area contributed by atoms with Crippen LogP contribution >= 0.6 is 11.3 Å². The topological polar surface area (TPSA) is 86.8 Å². The molecule has 7 nitrogen and oxygen atoms in total. The van der Waals surface area contributed by atoms with Gasteiger partial charge in [-0.3, -0.25) is 9.59 Å². The third kappa shape index (κ3) is 4.28. The zero-order valence-corrected chi connectivity index (χ0v) is 18.5. The van der Waals surface area contributed by atoms with Crippen molar-refractivity contribution in [2.24, 2.45) is 5.92 Å². The third-order valence-corrected chi connectivity index (χ3v) is 8.92. The molecule has 1 aromatic carbocycles. The molecule has 160 valence electrons. The Bertz CT molecular complexity index is 1050. The summed E-state index contributed by atoms with van der Waals surface area (Å²) >= 11 is 1.25. The molecule has 0 spiro atoms. The molecule has 2 amide bonds. The number of carbonyl (C=O) groups is 2. The predicted octanol–water partition coefficient (Wildman–Crippen LogP) is 3.22. The van der Waals surface area contributed by atoms with Gasteiger partial charge in [-0.1, -0.05) is 0 Å². The van der Waals surface area contributed by atoms with Gasteiger partial charge < -0.3 is 10.2 Å². The Kier molecular flexibility index (Phi) is 5.95. The molecular formula is C21H25N3O4S2. The summed E-state index contributed by atoms with van der Waals surface area (Å²) in [4.78, 5) is 27.3. The first-order valence-electron chi connectivity index (χ1n) is 10.1. The Morgan fingerprint density at radius 3 is 2.50 bits per heavy atom. The second kappa shape index (κ2) is 8.49. The molecule has 2 aliphatic rings. The van der Waals surface area contributed by atoms with Crippen molar-refractivity contribution in [1.82, 2.24) is 4.31 Å². The standard InChI is InChI=1S/C21H25N3O4S2/c1-15-6-11-20(29-15)30(27,28)23-12-2-4-16(14-23)21(26)22-17-7-9-18(10-8-17)24-13-3-5-19(24)25/h6-11,16H,2-5,12-14H2,1H3,(H,22,26). The van der Waals surface area contributed by atoms with Crippen molar-refractivity contribution in [3.05, 3.63) is 41.3 Å². The number of anilines is 2. The number of benzene rings is 1. The first-order valence-corrected chi connectivity index (χ1v) is 12.4. The number of amides is 2. The highest BCUT2D eigenvalue weighted by atomic mass is 32.2. The molecule has 30 heavy (non-hydrogen) atoms. The van der Waals surface area contributed by atoms with Crippen molar-refractivity contribution in [3.63, 3.8) is 0 Å². The fourth-order valence-electron chi connectivity index (χ4n) is 3.94. The van der Waals surface area contributed by atoms with Crippen molar-refractivity contribution in [2.75, 3.05) is 29.9 Å². The number of nitrogens with zero attached hydrogens (tertiary/aromatic N) is 2. The van der Waals surface area contributed by atoms with E-state index in [-0.39, 0.29) is 18.4 Å². The number of nitrogens with one attached hydrogen (secondary N) is 1. The number of rotatable bonds is 5. The maximum atomic E-state index is 12.9. The first-order chi connectivity index (χ1) is 14.3. The number of hydrogen-bond donors (Lipinski definition) is 1. The van der Waals surface area contributed by atoms with Crippen LogP contribution < -0.4 is 10.2 Å². The second-order valence-corrected chi connectivity index (χ2v) is 11.2. The van der Waals surface area contributed by atoms with E-state index in [0.717, 1.165) is 23.5 Å². The van der Waals surface area contributed by atoms with Crippen molar-refractivity contribution in [3.8, 4) is 0 Å². The van der Waals surface area contributed by atoms with Gasteiger partial charge in [0.05, 0.1) is 5.92 Å². The van der Waals surface area contributed by atoms with Gasteiger partial charge in [0.15, 0.2) is 0 Å². The van der Waals surface area contributed by atoms with Crippen LogP contribution in [0.15, 0.2) is 40.6 Å². The van der Waals surface area contributed by atoms with Crippen molar-refractivity contribution >= 4 is 44.5 Å². The molecule has 1 atom stereocenters. The van der Waals surface area contributed by atoms with E-state index in [1.807, 2.05) is 19.1 Å². The molecule has 1 N–H and O–H groups in total. The van der Waals surface area contributed by atoms with Crippen LogP contribution in [0.25, 0.3) is 0 Å². The van der Waals surface area contributed by atoms with Crippen LogP contribution in [0.1, 0.15) is 30.6 Å². The molecule has 3 heterocycles. The maximum absolute atomic E-state index is 12.9. The van der Waals surface area contributed by atoms with Gasteiger partial charge in [-0.15, -0.1) is 11.3 Å². The summed E-state index contributed by atoms with van der Waals surface area (Å²) in [5, 5.41) is 2.90. The van der Waals surface area contributed by atoms with Crippen LogP contribution in [0.2, 0.25) is 0 Å². The highest BCUT2D eigenvalue weighted by Gasteiger charge is 2.34. The van der Waals surface area contributed by atoms with Crippen LogP contribution in [0.4, 0.5) is 11.4 Å². The van der Waals surface area contributed by atoms with Crippen LogP contribution in [0, 0.1) is 12.8 Å². The van der Waals surface area contributed by atoms with Gasteiger partial charge in [0.25, 0.3) is 10.0 Å². The number of sulfonamides is 1. The van der Waals surface area contributed by atoms with E-state index >= 15 is 0 Å². The first kappa shape index (κ1) is 21.0. The number of carbonyl (C=O) groups excluding carboxylic acids is 2. The van der Waals surface area contributed by atoms with Crippen LogP contribution in [-0.2, 0) is 19.6 Å². The van der Waals surface area contributed by atoms with Gasteiger partial charge in [-0.2, -0.15) is 4.31 Å². The van der Waals surface area contributed by atoms with Gasteiger partial charge in [0, 0.05) is 42.3 Å². The molecule has 1 unspecified atom stereocenters. The number of piperidine rings is 1. The van der Waals surface area contributed by atoms with Gasteiger partial charge in [0.2, 0.25) is 11.8 Å². The summed E-state index contributed by atoms with van der Waals surface area (Å²) < 4.78 is 27.5.